The van der Waals surface area contributed by atoms with E-state index in [2.05, 4.69) is 111 Å². The van der Waals surface area contributed by atoms with Crippen molar-refractivity contribution in [1.29, 1.82) is 0 Å². The van der Waals surface area contributed by atoms with Gasteiger partial charge in [0.1, 0.15) is 6.54 Å². The second kappa shape index (κ2) is 11.0. The molecule has 1 unspecified atom stereocenters. The van der Waals surface area contributed by atoms with Crippen molar-refractivity contribution >= 4 is 23.1 Å². The molecular weight excluding hydrogens is 514 g/mol. The minimum absolute atomic E-state index is 0.100. The minimum Gasteiger partial charge on any atom is -0.492 e. The van der Waals surface area contributed by atoms with E-state index in [1.165, 1.54) is 46.0 Å². The number of carbonyl (C=O) groups excluding carboxylic acids is 1. The second-order valence-corrected chi connectivity index (χ2v) is 11.4. The van der Waals surface area contributed by atoms with Gasteiger partial charge >= 0.3 is 5.97 Å². The number of hydrogen-bond donors (Lipinski definition) is 2. The van der Waals surface area contributed by atoms with Gasteiger partial charge in [0, 0.05) is 59.6 Å². The Morgan fingerprint density at radius 3 is 2.29 bits per heavy atom. The fraction of sp³-hybridized carbons (Fsp3) is 0.353. The molecule has 5 rings (SSSR count). The Labute approximate surface area is 242 Å². The van der Waals surface area contributed by atoms with Gasteiger partial charge < -0.3 is 20.0 Å². The van der Waals surface area contributed by atoms with Gasteiger partial charge in [-0.1, -0.05) is 42.5 Å². The molecule has 7 heteroatoms. The molecule has 1 atom stereocenters. The average Bonchev–Trinajstić information content (AvgIpc) is 3.49. The van der Waals surface area contributed by atoms with Crippen LogP contribution in [-0.4, -0.2) is 44.3 Å². The summed E-state index contributed by atoms with van der Waals surface area (Å²) in [6.07, 6.45) is 8.13. The smallest absolute Gasteiger partial charge is 0.333 e. The Balaban J connectivity index is 1.42. The molecule has 2 aliphatic rings. The first kappa shape index (κ1) is 28.3. The molecule has 0 saturated carbocycles. The van der Waals surface area contributed by atoms with Crippen LogP contribution in [0.1, 0.15) is 65.0 Å². The summed E-state index contributed by atoms with van der Waals surface area (Å²) < 4.78 is 3.14. The number of hydrogen-bond acceptors (Lipinski definition) is 5. The van der Waals surface area contributed by atoms with E-state index >= 15 is 0 Å². The molecule has 2 N–H and O–H groups in total. The summed E-state index contributed by atoms with van der Waals surface area (Å²) >= 11 is 0. The molecule has 0 amide bonds. The molecule has 3 aromatic rings. The fourth-order valence-electron chi connectivity index (χ4n) is 6.56. The third kappa shape index (κ3) is 4.83. The molecule has 2 aliphatic heterocycles. The Kier molecular flexibility index (Phi) is 7.56. The van der Waals surface area contributed by atoms with Gasteiger partial charge in [-0.2, -0.15) is 4.58 Å². The van der Waals surface area contributed by atoms with E-state index in [4.69, 9.17) is 4.84 Å². The summed E-state index contributed by atoms with van der Waals surface area (Å²) in [5.41, 5.74) is 7.12. The molecule has 3 heterocycles. The lowest BCUT2D eigenvalue weighted by atomic mass is 9.77. The van der Waals surface area contributed by atoms with Crippen LogP contribution in [0.15, 0.2) is 84.6 Å². The monoisotopic (exact) mass is 554 g/mol. The van der Waals surface area contributed by atoms with E-state index in [0.717, 1.165) is 24.2 Å². The molecule has 41 heavy (non-hydrogen) atoms. The third-order valence-corrected chi connectivity index (χ3v) is 8.63. The number of anilines is 1. The van der Waals surface area contributed by atoms with Gasteiger partial charge in [-0.15, -0.1) is 4.73 Å². The van der Waals surface area contributed by atoms with E-state index in [1.807, 2.05) is 0 Å². The summed E-state index contributed by atoms with van der Waals surface area (Å²) in [4.78, 5) is 20.1. The Morgan fingerprint density at radius 1 is 0.951 bits per heavy atom. The van der Waals surface area contributed by atoms with Crippen LogP contribution < -0.4 is 9.74 Å². The zero-order valence-corrected chi connectivity index (χ0v) is 24.6. The average molecular weight is 555 g/mol. The van der Waals surface area contributed by atoms with Gasteiger partial charge in [-0.05, 0) is 65.2 Å². The van der Waals surface area contributed by atoms with Crippen molar-refractivity contribution in [3.63, 3.8) is 0 Å². The van der Waals surface area contributed by atoms with Crippen LogP contribution in [-0.2, 0) is 15.6 Å². The molecule has 1 aromatic heterocycles. The SMILES string of the molecule is CCN1C(=CC=CC2=[N+](CC)c3ccccc3C2(C)C)C(C)(CCCC(=O)On2c(O)ccc2O)c2ccccc21. The van der Waals surface area contributed by atoms with E-state index in [9.17, 15) is 15.0 Å². The summed E-state index contributed by atoms with van der Waals surface area (Å²) in [5.74, 6) is -1.16. The van der Waals surface area contributed by atoms with Gasteiger partial charge in [0.25, 0.3) is 0 Å². The maximum Gasteiger partial charge on any atom is 0.333 e. The van der Waals surface area contributed by atoms with Crippen LogP contribution in [0.5, 0.6) is 11.8 Å². The summed E-state index contributed by atoms with van der Waals surface area (Å²) in [7, 11) is 0. The lowest BCUT2D eigenvalue weighted by Crippen LogP contribution is -2.29. The minimum atomic E-state index is -0.515. The molecular formula is C34H40N3O4+. The molecule has 7 nitrogen and oxygen atoms in total. The van der Waals surface area contributed by atoms with E-state index in [1.54, 1.807) is 0 Å². The summed E-state index contributed by atoms with van der Waals surface area (Å²) in [6.45, 7) is 12.9. The van der Waals surface area contributed by atoms with Crippen LogP contribution >= 0.6 is 0 Å². The first-order valence-corrected chi connectivity index (χ1v) is 14.4. The first-order valence-electron chi connectivity index (χ1n) is 14.4. The maximum absolute atomic E-state index is 12.6. The van der Waals surface area contributed by atoms with Crippen molar-refractivity contribution in [3.8, 4) is 11.8 Å². The van der Waals surface area contributed by atoms with Gasteiger partial charge in [-0.3, -0.25) is 0 Å². The van der Waals surface area contributed by atoms with Gasteiger partial charge in [0.05, 0.1) is 5.41 Å². The number of nitrogens with zero attached hydrogens (tertiary/aromatic N) is 3. The van der Waals surface area contributed by atoms with Crippen molar-refractivity contribution in [2.45, 2.75) is 64.7 Å². The molecule has 214 valence electrons. The molecule has 0 saturated heterocycles. The highest BCUT2D eigenvalue weighted by molar-refractivity contribution is 6.03. The number of likely N-dealkylation sites (N-methyl/N-ethyl adjacent to an activating group) is 1. The molecule has 0 fully saturated rings. The number of aromatic nitrogens is 1. The maximum atomic E-state index is 12.6. The summed E-state index contributed by atoms with van der Waals surface area (Å²) in [5, 5.41) is 19.6. The topological polar surface area (TPSA) is 77.9 Å². The molecule has 0 spiro atoms. The number of carbonyl (C=O) groups is 1. The highest BCUT2D eigenvalue weighted by Crippen LogP contribution is 2.50. The number of benzene rings is 2. The fourth-order valence-corrected chi connectivity index (χ4v) is 6.56. The number of rotatable bonds is 9. The van der Waals surface area contributed by atoms with Crippen LogP contribution in [0.4, 0.5) is 11.4 Å². The normalized spacial score (nSPS) is 20.2. The number of allylic oxidation sites excluding steroid dienone is 4. The van der Waals surface area contributed by atoms with Gasteiger partial charge in [0.2, 0.25) is 17.4 Å². The zero-order chi connectivity index (χ0) is 29.4. The number of aromatic hydroxyl groups is 2. The quantitative estimate of drug-likeness (QED) is 0.301. The van der Waals surface area contributed by atoms with Gasteiger partial charge in [0.15, 0.2) is 5.71 Å². The molecule has 0 bridgehead atoms. The van der Waals surface area contributed by atoms with Crippen molar-refractivity contribution in [2.24, 2.45) is 0 Å². The van der Waals surface area contributed by atoms with E-state index < -0.39 is 5.97 Å². The summed E-state index contributed by atoms with van der Waals surface area (Å²) in [6, 6.07) is 19.7. The number of fused-ring (bicyclic) bond motifs is 2. The predicted molar refractivity (Wildman–Crippen MR) is 162 cm³/mol. The molecule has 2 aromatic carbocycles. The van der Waals surface area contributed by atoms with Crippen LogP contribution in [0.25, 0.3) is 0 Å². The Bertz CT molecular complexity index is 1540. The van der Waals surface area contributed by atoms with Crippen LogP contribution in [0, 0.1) is 0 Å². The van der Waals surface area contributed by atoms with Crippen molar-refractivity contribution in [3.05, 3.63) is 95.7 Å². The van der Waals surface area contributed by atoms with Gasteiger partial charge in [-0.25, -0.2) is 4.79 Å². The first-order chi connectivity index (χ1) is 19.6. The van der Waals surface area contributed by atoms with E-state index in [-0.39, 0.29) is 29.0 Å². The van der Waals surface area contributed by atoms with Crippen molar-refractivity contribution in [2.75, 3.05) is 18.0 Å². The van der Waals surface area contributed by atoms with E-state index in [0.29, 0.717) is 6.42 Å². The highest BCUT2D eigenvalue weighted by atomic mass is 16.7. The number of para-hydroxylation sites is 2. The van der Waals surface area contributed by atoms with Crippen LogP contribution in [0.3, 0.4) is 0 Å². The molecule has 0 radical (unpaired) electrons. The zero-order valence-electron chi connectivity index (χ0n) is 24.6. The third-order valence-electron chi connectivity index (χ3n) is 8.63. The highest BCUT2D eigenvalue weighted by Gasteiger charge is 2.44. The Hall–Kier alpha value is -4.26. The van der Waals surface area contributed by atoms with Crippen LogP contribution in [0.2, 0.25) is 0 Å². The molecule has 0 aliphatic carbocycles. The second-order valence-electron chi connectivity index (χ2n) is 11.4. The predicted octanol–water partition coefficient (Wildman–Crippen LogP) is 6.36. The van der Waals surface area contributed by atoms with Crippen molar-refractivity contribution in [1.82, 2.24) is 4.73 Å². The lowest BCUT2D eigenvalue weighted by Gasteiger charge is -2.30. The largest absolute Gasteiger partial charge is 0.492 e. The standard InChI is InChI=1S/C34H39N3O4/c1-6-35-26-16-10-8-14-24(26)33(3,4)28(35)18-12-19-29-34(5,25-15-9-11-17-27(25)36(29)7-2)23-13-20-32(40)41-37-30(38)21-22-31(37)39/h8-12,14-19,21-22H,6-7,13,20,23H2,1-5H3,(H-,38,39)/p+1. The Morgan fingerprint density at radius 2 is 1.61 bits per heavy atom. The lowest BCUT2D eigenvalue weighted by molar-refractivity contribution is -0.433. The van der Waals surface area contributed by atoms with Crippen molar-refractivity contribution < 1.29 is 24.4 Å².